The van der Waals surface area contributed by atoms with Gasteiger partial charge >= 0.3 is 0 Å². The minimum absolute atomic E-state index is 0.151. The van der Waals surface area contributed by atoms with Crippen LogP contribution in [-0.4, -0.2) is 41.1 Å². The number of imide groups is 1. The van der Waals surface area contributed by atoms with Crippen LogP contribution in [0.3, 0.4) is 0 Å². The zero-order chi connectivity index (χ0) is 20.2. The van der Waals surface area contributed by atoms with Crippen molar-refractivity contribution in [3.05, 3.63) is 29.6 Å². The number of carbonyl (C=O) groups is 4. The van der Waals surface area contributed by atoms with Crippen molar-refractivity contribution in [3.63, 3.8) is 0 Å². The van der Waals surface area contributed by atoms with Crippen LogP contribution in [0.2, 0.25) is 0 Å². The molecule has 4 atom stereocenters. The van der Waals surface area contributed by atoms with Gasteiger partial charge in [0, 0.05) is 12.1 Å². The molecule has 8 nitrogen and oxygen atoms in total. The number of nitrogens with zero attached hydrogens (tertiary/aromatic N) is 1. The number of unbranched alkanes of at least 4 members (excludes halogenated alkanes) is 1. The Kier molecular flexibility index (Phi) is 4.22. The summed E-state index contributed by atoms with van der Waals surface area (Å²) in [6, 6.07) is 3.23. The van der Waals surface area contributed by atoms with Crippen LogP contribution < -0.4 is 16.4 Å². The molecule has 2 saturated heterocycles. The molecule has 5 N–H and O–H groups in total. The van der Waals surface area contributed by atoms with Crippen molar-refractivity contribution in [2.24, 2.45) is 17.6 Å². The average Bonchev–Trinajstić information content (AvgIpc) is 3.19. The van der Waals surface area contributed by atoms with E-state index in [-0.39, 0.29) is 18.9 Å². The molecule has 28 heavy (non-hydrogen) atoms. The third-order valence-electron chi connectivity index (χ3n) is 6.09. The molecule has 9 heteroatoms. The Morgan fingerprint density at radius 2 is 2.07 bits per heavy atom. The van der Waals surface area contributed by atoms with Crippen molar-refractivity contribution < 1.29 is 28.9 Å². The zero-order valence-corrected chi connectivity index (χ0v) is 15.4. The molecule has 0 unspecified atom stereocenters. The second kappa shape index (κ2) is 6.37. The van der Waals surface area contributed by atoms with Crippen LogP contribution in [0.25, 0.3) is 0 Å². The smallest absolute Gasteiger partial charge is 0.291 e. The number of hydrogen-bond acceptors (Lipinski definition) is 4. The number of halogens is 1. The van der Waals surface area contributed by atoms with Gasteiger partial charge in [-0.15, -0.1) is 0 Å². The normalized spacial score (nSPS) is 30.7. The van der Waals surface area contributed by atoms with Gasteiger partial charge in [0.15, 0.2) is 0 Å². The highest BCUT2D eigenvalue weighted by atomic mass is 19.1. The van der Waals surface area contributed by atoms with Gasteiger partial charge in [0.2, 0.25) is 23.3 Å². The van der Waals surface area contributed by atoms with Crippen LogP contribution in [0.5, 0.6) is 0 Å². The fourth-order valence-corrected chi connectivity index (χ4v) is 4.95. The van der Waals surface area contributed by atoms with Gasteiger partial charge < -0.3 is 16.4 Å². The predicted molar refractivity (Wildman–Crippen MR) is 94.8 cm³/mol. The molecule has 0 bridgehead atoms. The summed E-state index contributed by atoms with van der Waals surface area (Å²) in [6.45, 7) is 2.21. The third kappa shape index (κ3) is 2.39. The van der Waals surface area contributed by atoms with Crippen LogP contribution in [0.1, 0.15) is 31.7 Å². The first-order chi connectivity index (χ1) is 13.3. The van der Waals surface area contributed by atoms with E-state index in [4.69, 9.17) is 5.73 Å². The quantitative estimate of drug-likeness (QED) is 0.570. The molecule has 0 saturated carbocycles. The largest absolute Gasteiger partial charge is 0.369 e. The fourth-order valence-electron chi connectivity index (χ4n) is 4.95. The molecule has 4 amide bonds. The van der Waals surface area contributed by atoms with Gasteiger partial charge in [-0.2, -0.15) is 0 Å². The lowest BCUT2D eigenvalue weighted by molar-refractivity contribution is -0.732. The number of anilines is 1. The lowest BCUT2D eigenvalue weighted by Gasteiger charge is -2.26. The van der Waals surface area contributed by atoms with Gasteiger partial charge in [0.25, 0.3) is 5.91 Å². The molecular formula is C19H22FN4O4+. The Morgan fingerprint density at radius 1 is 1.32 bits per heavy atom. The number of benzene rings is 1. The number of likely N-dealkylation sites (tertiary alicyclic amines) is 1. The highest BCUT2D eigenvalue weighted by Gasteiger charge is 2.74. The standard InChI is InChI=1S/C19H21FN4O4/c1-2-3-6-24-16(26)14-12(8-13(21)25)23-19(15(14)17(24)27)10-7-9(20)4-5-11(10)22-18(19)28/h4-5,7,12,14-15,23H,2-3,6,8H2,1H3,(H2,21,25)(H,22,28)/p+1/t12-,14-,15+,19-/m1/s1. The second-order valence-corrected chi connectivity index (χ2v) is 7.70. The molecule has 0 radical (unpaired) electrons. The molecule has 3 aliphatic heterocycles. The van der Waals surface area contributed by atoms with Gasteiger partial charge in [-0.25, -0.2) is 4.39 Å². The fraction of sp³-hybridized carbons (Fsp3) is 0.474. The predicted octanol–water partition coefficient (Wildman–Crippen LogP) is -0.805. The first-order valence-electron chi connectivity index (χ1n) is 9.42. The second-order valence-electron chi connectivity index (χ2n) is 7.70. The number of rotatable bonds is 5. The summed E-state index contributed by atoms with van der Waals surface area (Å²) in [5.41, 5.74) is 4.63. The Labute approximate surface area is 160 Å². The third-order valence-corrected chi connectivity index (χ3v) is 6.09. The van der Waals surface area contributed by atoms with Crippen molar-refractivity contribution in [1.82, 2.24) is 4.90 Å². The van der Waals surface area contributed by atoms with Crippen LogP contribution >= 0.6 is 0 Å². The molecule has 148 valence electrons. The number of carbonyl (C=O) groups excluding carboxylic acids is 4. The first kappa shape index (κ1) is 18.5. The highest BCUT2D eigenvalue weighted by Crippen LogP contribution is 2.49. The van der Waals surface area contributed by atoms with E-state index < -0.39 is 47.0 Å². The summed E-state index contributed by atoms with van der Waals surface area (Å²) >= 11 is 0. The summed E-state index contributed by atoms with van der Waals surface area (Å²) in [4.78, 5) is 52.1. The van der Waals surface area contributed by atoms with Gasteiger partial charge in [0.05, 0.1) is 12.1 Å². The number of hydrogen-bond donors (Lipinski definition) is 3. The number of nitrogens with two attached hydrogens (primary N) is 2. The van der Waals surface area contributed by atoms with Gasteiger partial charge in [0.1, 0.15) is 23.7 Å². The molecule has 1 spiro atoms. The Bertz CT molecular complexity index is 904. The van der Waals surface area contributed by atoms with E-state index >= 15 is 0 Å². The van der Waals surface area contributed by atoms with Crippen molar-refractivity contribution in [1.29, 1.82) is 0 Å². The minimum Gasteiger partial charge on any atom is -0.369 e. The molecule has 4 rings (SSSR count). The van der Waals surface area contributed by atoms with Crippen LogP contribution in [0.15, 0.2) is 18.2 Å². The SMILES string of the molecule is CCCCN1C(=O)[C@H]2[C@@H](C1=O)[C@@]1([NH2+][C@@H]2CC(N)=O)C(=O)Nc2ccc(F)cc21. The highest BCUT2D eigenvalue weighted by molar-refractivity contribution is 6.14. The summed E-state index contributed by atoms with van der Waals surface area (Å²) < 4.78 is 14.0. The topological polar surface area (TPSA) is 126 Å². The van der Waals surface area contributed by atoms with E-state index in [2.05, 4.69) is 5.32 Å². The minimum atomic E-state index is -1.48. The Hall–Kier alpha value is -2.81. The van der Waals surface area contributed by atoms with Crippen LogP contribution in [-0.2, 0) is 24.7 Å². The van der Waals surface area contributed by atoms with Crippen molar-refractivity contribution >= 4 is 29.3 Å². The Morgan fingerprint density at radius 3 is 2.75 bits per heavy atom. The number of fused-ring (bicyclic) bond motifs is 4. The summed E-state index contributed by atoms with van der Waals surface area (Å²) in [5, 5.41) is 4.27. The number of nitrogens with one attached hydrogen (secondary N) is 1. The summed E-state index contributed by atoms with van der Waals surface area (Å²) in [5.74, 6) is -4.33. The lowest BCUT2D eigenvalue weighted by atomic mass is 9.76. The maximum absolute atomic E-state index is 14.0. The van der Waals surface area contributed by atoms with Crippen molar-refractivity contribution in [2.75, 3.05) is 11.9 Å². The average molecular weight is 389 g/mol. The maximum Gasteiger partial charge on any atom is 0.291 e. The molecule has 0 aliphatic carbocycles. The summed E-state index contributed by atoms with van der Waals surface area (Å²) in [6.07, 6.45) is 1.29. The van der Waals surface area contributed by atoms with E-state index in [1.54, 1.807) is 5.32 Å². The Balaban J connectivity index is 1.85. The number of primary amides is 1. The maximum atomic E-state index is 14.0. The first-order valence-corrected chi connectivity index (χ1v) is 9.42. The van der Waals surface area contributed by atoms with Crippen molar-refractivity contribution in [2.45, 2.75) is 37.8 Å². The van der Waals surface area contributed by atoms with Gasteiger partial charge in [-0.3, -0.25) is 24.1 Å². The van der Waals surface area contributed by atoms with Gasteiger partial charge in [-0.1, -0.05) is 13.3 Å². The van der Waals surface area contributed by atoms with Crippen molar-refractivity contribution in [3.8, 4) is 0 Å². The molecule has 3 aliphatic rings. The molecular weight excluding hydrogens is 367 g/mol. The van der Waals surface area contributed by atoms with E-state index in [9.17, 15) is 23.6 Å². The van der Waals surface area contributed by atoms with Crippen LogP contribution in [0.4, 0.5) is 10.1 Å². The molecule has 0 aromatic heterocycles. The van der Waals surface area contributed by atoms with E-state index in [0.29, 0.717) is 17.7 Å². The molecule has 2 fully saturated rings. The van der Waals surface area contributed by atoms with E-state index in [1.807, 2.05) is 6.92 Å². The monoisotopic (exact) mass is 389 g/mol. The zero-order valence-electron chi connectivity index (χ0n) is 15.4. The number of quaternary nitrogens is 1. The molecule has 1 aromatic carbocycles. The lowest BCUT2D eigenvalue weighted by Crippen LogP contribution is -2.99. The van der Waals surface area contributed by atoms with Gasteiger partial charge in [-0.05, 0) is 24.6 Å². The number of amides is 4. The molecule has 1 aromatic rings. The molecule has 3 heterocycles. The van der Waals surface area contributed by atoms with E-state index in [1.165, 1.54) is 23.1 Å². The van der Waals surface area contributed by atoms with E-state index in [0.717, 1.165) is 6.42 Å². The van der Waals surface area contributed by atoms with Crippen LogP contribution in [0, 0.1) is 17.7 Å². The summed E-state index contributed by atoms with van der Waals surface area (Å²) in [7, 11) is 0.